The van der Waals surface area contributed by atoms with Crippen molar-refractivity contribution >= 4 is 40.5 Å². The van der Waals surface area contributed by atoms with Gasteiger partial charge in [-0.05, 0) is 48.6 Å². The topological polar surface area (TPSA) is 101 Å². The van der Waals surface area contributed by atoms with Crippen LogP contribution >= 0.6 is 22.7 Å². The highest BCUT2D eigenvalue weighted by molar-refractivity contribution is 7.09. The van der Waals surface area contributed by atoms with Gasteiger partial charge in [-0.1, -0.05) is 74.5 Å². The second-order valence-corrected chi connectivity index (χ2v) is 14.1. The summed E-state index contributed by atoms with van der Waals surface area (Å²) in [5.41, 5.74) is 5.75. The first kappa shape index (κ1) is 35.0. The molecule has 0 aliphatic carbocycles. The minimum atomic E-state index is -0.467. The maximum absolute atomic E-state index is 13.9. The molecular formula is C36H44N4O4S2. The Hall–Kier alpha value is -3.89. The molecule has 46 heavy (non-hydrogen) atoms. The Labute approximate surface area is 280 Å². The second-order valence-electron chi connectivity index (χ2n) is 12.2. The highest BCUT2D eigenvalue weighted by Gasteiger charge is 2.29. The monoisotopic (exact) mass is 660 g/mol. The first-order valence-electron chi connectivity index (χ1n) is 15.8. The number of aromatic nitrogens is 2. The molecule has 0 saturated carbocycles. The molecule has 0 fully saturated rings. The van der Waals surface area contributed by atoms with E-state index in [0.29, 0.717) is 25.8 Å². The predicted octanol–water partition coefficient (Wildman–Crippen LogP) is 7.36. The minimum Gasteiger partial charge on any atom is -0.444 e. The molecule has 4 aromatic rings. The molecule has 0 bridgehead atoms. The van der Waals surface area contributed by atoms with Crippen LogP contribution in [0.4, 0.5) is 4.79 Å². The van der Waals surface area contributed by atoms with Crippen molar-refractivity contribution in [3.05, 3.63) is 105 Å². The van der Waals surface area contributed by atoms with Crippen LogP contribution in [0.3, 0.4) is 0 Å². The number of amides is 2. The van der Waals surface area contributed by atoms with Crippen LogP contribution in [0.5, 0.6) is 0 Å². The van der Waals surface area contributed by atoms with Gasteiger partial charge in [0.05, 0.1) is 22.4 Å². The van der Waals surface area contributed by atoms with Crippen LogP contribution in [0.25, 0.3) is 0 Å². The summed E-state index contributed by atoms with van der Waals surface area (Å²) < 4.78 is 5.50. The van der Waals surface area contributed by atoms with Crippen LogP contribution in [0.2, 0.25) is 0 Å². The summed E-state index contributed by atoms with van der Waals surface area (Å²) in [5.74, 6) is -0.202. The molecular weight excluding hydrogens is 617 g/mol. The fraction of sp³-hybridized carbons (Fsp3) is 0.417. The molecule has 10 heteroatoms. The summed E-state index contributed by atoms with van der Waals surface area (Å²) in [7, 11) is 1.78. The van der Waals surface area contributed by atoms with Crippen molar-refractivity contribution in [2.45, 2.75) is 71.6 Å². The summed E-state index contributed by atoms with van der Waals surface area (Å²) >= 11 is 2.96. The zero-order valence-electron chi connectivity index (χ0n) is 26.8. The highest BCUT2D eigenvalue weighted by Crippen LogP contribution is 2.27. The molecule has 2 amide bonds. The lowest BCUT2D eigenvalue weighted by atomic mass is 9.81. The molecule has 3 atom stereocenters. The summed E-state index contributed by atoms with van der Waals surface area (Å²) in [6.45, 7) is 4.70. The van der Waals surface area contributed by atoms with E-state index in [1.807, 2.05) is 50.2 Å². The lowest BCUT2D eigenvalue weighted by molar-refractivity contribution is -0.136. The third kappa shape index (κ3) is 11.8. The van der Waals surface area contributed by atoms with Crippen LogP contribution in [-0.4, -0.2) is 45.7 Å². The number of hydrogen-bond donors (Lipinski definition) is 1. The lowest BCUT2D eigenvalue weighted by Gasteiger charge is -2.26. The van der Waals surface area contributed by atoms with Crippen molar-refractivity contribution in [3.63, 3.8) is 0 Å². The van der Waals surface area contributed by atoms with E-state index in [1.54, 1.807) is 35.4 Å². The molecule has 2 aromatic heterocycles. The maximum atomic E-state index is 13.9. The second kappa shape index (κ2) is 18.3. The van der Waals surface area contributed by atoms with Crippen molar-refractivity contribution in [1.29, 1.82) is 0 Å². The summed E-state index contributed by atoms with van der Waals surface area (Å²) in [6.07, 6.45) is 6.37. The minimum absolute atomic E-state index is 0.0337. The van der Waals surface area contributed by atoms with Gasteiger partial charge < -0.3 is 15.0 Å². The number of hydrogen-bond acceptors (Lipinski definition) is 8. The quantitative estimate of drug-likeness (QED) is 0.120. The average Bonchev–Trinajstić information content (AvgIpc) is 3.77. The van der Waals surface area contributed by atoms with E-state index < -0.39 is 6.09 Å². The molecule has 0 unspecified atom stereocenters. The number of carbonyl (C=O) groups excluding carboxylic acids is 3. The van der Waals surface area contributed by atoms with Crippen LogP contribution in [-0.2, 0) is 40.3 Å². The number of nitrogens with zero attached hydrogens (tertiary/aromatic N) is 3. The number of rotatable bonds is 18. The molecule has 2 heterocycles. The Morgan fingerprint density at radius 2 is 1.43 bits per heavy atom. The number of Topliss-reactive ketones (excluding diaryl/α,β-unsaturated/α-hetero) is 1. The molecule has 244 valence electrons. The van der Waals surface area contributed by atoms with Gasteiger partial charge in [0, 0.05) is 49.1 Å². The van der Waals surface area contributed by atoms with E-state index in [1.165, 1.54) is 28.2 Å². The van der Waals surface area contributed by atoms with Crippen molar-refractivity contribution < 1.29 is 19.1 Å². The fourth-order valence-electron chi connectivity index (χ4n) is 5.59. The maximum Gasteiger partial charge on any atom is 0.407 e. The van der Waals surface area contributed by atoms with Crippen molar-refractivity contribution in [2.75, 3.05) is 7.05 Å². The number of nitrogens with one attached hydrogen (secondary N) is 1. The Morgan fingerprint density at radius 3 is 2.02 bits per heavy atom. The molecule has 0 radical (unpaired) electrons. The van der Waals surface area contributed by atoms with Gasteiger partial charge in [-0.3, -0.25) is 19.6 Å². The SMILES string of the molecule is CC(C)[C@H](CC(=O)N(C)Cc1cncs1)C(=O)C[C@@H](CC[C@@H](Cc1ccccc1)NC(=O)OCc1cncs1)Cc1ccccc1. The zero-order chi connectivity index (χ0) is 32.7. The molecule has 8 nitrogen and oxygen atoms in total. The Morgan fingerprint density at radius 1 is 0.826 bits per heavy atom. The van der Waals surface area contributed by atoms with Crippen molar-refractivity contribution in [1.82, 2.24) is 20.2 Å². The summed E-state index contributed by atoms with van der Waals surface area (Å²) in [4.78, 5) is 51.6. The molecule has 2 aromatic carbocycles. The molecule has 1 N–H and O–H groups in total. The normalized spacial score (nSPS) is 13.1. The first-order valence-corrected chi connectivity index (χ1v) is 17.5. The van der Waals surface area contributed by atoms with Crippen molar-refractivity contribution in [2.24, 2.45) is 17.8 Å². The van der Waals surface area contributed by atoms with Gasteiger partial charge in [0.2, 0.25) is 5.91 Å². The zero-order valence-corrected chi connectivity index (χ0v) is 28.5. The lowest BCUT2D eigenvalue weighted by Crippen LogP contribution is -2.37. The molecule has 0 aliphatic rings. The molecule has 0 aliphatic heterocycles. The molecule has 4 rings (SSSR count). The van der Waals surface area contributed by atoms with Crippen molar-refractivity contribution in [3.8, 4) is 0 Å². The van der Waals surface area contributed by atoms with Gasteiger partial charge in [-0.25, -0.2) is 4.79 Å². The van der Waals surface area contributed by atoms with Gasteiger partial charge in [0.1, 0.15) is 12.4 Å². The standard InChI is InChI=1S/C36H44N4O4S2/c1-26(2)33(19-35(42)40(3)22-31-20-37-24-45-31)34(41)18-29(16-27-10-6-4-7-11-27)14-15-30(17-28-12-8-5-9-13-28)39-36(43)44-23-32-21-38-25-46-32/h4-13,20-21,24-26,29-30,33H,14-19,22-23H2,1-3H3,(H,39,43)/t29-,30-,33-/m0/s1. The largest absolute Gasteiger partial charge is 0.444 e. The van der Waals surface area contributed by atoms with E-state index in [4.69, 9.17) is 4.74 Å². The van der Waals surface area contributed by atoms with E-state index in [2.05, 4.69) is 39.6 Å². The van der Waals surface area contributed by atoms with Gasteiger partial charge in [0.15, 0.2) is 0 Å². The third-order valence-corrected chi connectivity index (χ3v) is 9.69. The van der Waals surface area contributed by atoms with E-state index in [-0.39, 0.29) is 48.5 Å². The number of carbonyl (C=O) groups is 3. The first-order chi connectivity index (χ1) is 22.3. The van der Waals surface area contributed by atoms with Crippen LogP contribution in [0.15, 0.2) is 84.1 Å². The number of alkyl carbamates (subject to hydrolysis) is 1. The Kier molecular flexibility index (Phi) is 13.9. The van der Waals surface area contributed by atoms with E-state index >= 15 is 0 Å². The predicted molar refractivity (Wildman–Crippen MR) is 183 cm³/mol. The van der Waals surface area contributed by atoms with Gasteiger partial charge >= 0.3 is 6.09 Å². The smallest absolute Gasteiger partial charge is 0.407 e. The van der Waals surface area contributed by atoms with Crippen LogP contribution in [0.1, 0.15) is 60.4 Å². The average molecular weight is 661 g/mol. The molecule has 0 saturated heterocycles. The van der Waals surface area contributed by atoms with E-state index in [9.17, 15) is 14.4 Å². The summed E-state index contributed by atoms with van der Waals surface area (Å²) in [6, 6.07) is 20.1. The number of benzene rings is 2. The third-order valence-electron chi connectivity index (χ3n) is 8.17. The van der Waals surface area contributed by atoms with Gasteiger partial charge in [0.25, 0.3) is 0 Å². The number of ether oxygens (including phenoxy) is 1. The highest BCUT2D eigenvalue weighted by atomic mass is 32.1. The van der Waals surface area contributed by atoms with Gasteiger partial charge in [-0.15, -0.1) is 22.7 Å². The number of ketones is 1. The van der Waals surface area contributed by atoms with E-state index in [0.717, 1.165) is 28.2 Å². The molecule has 0 spiro atoms. The Bertz CT molecular complexity index is 1460. The van der Waals surface area contributed by atoms with Gasteiger partial charge in [-0.2, -0.15) is 0 Å². The fourth-order valence-corrected chi connectivity index (χ4v) is 6.74. The summed E-state index contributed by atoms with van der Waals surface area (Å²) in [5, 5.41) is 3.08. The van der Waals surface area contributed by atoms with Crippen LogP contribution < -0.4 is 5.32 Å². The van der Waals surface area contributed by atoms with Crippen LogP contribution in [0, 0.1) is 17.8 Å². The number of thiazole rings is 2. The Balaban J connectivity index is 1.43.